The lowest BCUT2D eigenvalue weighted by molar-refractivity contribution is 0.0970. The van der Waals surface area contributed by atoms with Crippen molar-refractivity contribution in [1.29, 1.82) is 0 Å². The van der Waals surface area contributed by atoms with Crippen molar-refractivity contribution in [3.05, 3.63) is 46.7 Å². The molecule has 0 bridgehead atoms. The average molecular weight is 288 g/mol. The van der Waals surface area contributed by atoms with Gasteiger partial charge in [0.2, 0.25) is 0 Å². The van der Waals surface area contributed by atoms with Crippen molar-refractivity contribution in [3.8, 4) is 0 Å². The van der Waals surface area contributed by atoms with E-state index in [1.165, 1.54) is 10.6 Å². The van der Waals surface area contributed by atoms with Crippen LogP contribution in [0.15, 0.2) is 36.1 Å². The summed E-state index contributed by atoms with van der Waals surface area (Å²) in [5, 5.41) is 0. The third kappa shape index (κ3) is 3.23. The van der Waals surface area contributed by atoms with Crippen LogP contribution in [0.3, 0.4) is 0 Å². The van der Waals surface area contributed by atoms with Gasteiger partial charge in [0.1, 0.15) is 0 Å². The highest BCUT2D eigenvalue weighted by atomic mass is 32.1. The molecule has 0 unspecified atom stereocenters. The molecule has 2 aromatic rings. The summed E-state index contributed by atoms with van der Waals surface area (Å²) in [5.41, 5.74) is 3.08. The predicted molar refractivity (Wildman–Crippen MR) is 81.6 cm³/mol. The van der Waals surface area contributed by atoms with Crippen LogP contribution >= 0.6 is 11.3 Å². The van der Waals surface area contributed by atoms with Crippen molar-refractivity contribution >= 4 is 11.3 Å². The lowest BCUT2D eigenvalue weighted by atomic mass is 10.1. The van der Waals surface area contributed by atoms with E-state index < -0.39 is 0 Å². The number of aromatic nitrogens is 2. The Balaban J connectivity index is 1.53. The van der Waals surface area contributed by atoms with Gasteiger partial charge in [-0.2, -0.15) is 0 Å². The van der Waals surface area contributed by atoms with Gasteiger partial charge in [0.25, 0.3) is 0 Å². The third-order valence-corrected chi connectivity index (χ3v) is 4.70. The van der Waals surface area contributed by atoms with Crippen molar-refractivity contribution in [2.24, 2.45) is 0 Å². The SMILES string of the molecule is C[C@H](c1ccccn1)N1CCN(Cc2cncs2)CC1. The number of pyridine rings is 1. The van der Waals surface area contributed by atoms with Gasteiger partial charge in [0.05, 0.1) is 11.2 Å². The molecule has 1 fully saturated rings. The van der Waals surface area contributed by atoms with Crippen molar-refractivity contribution < 1.29 is 0 Å². The minimum Gasteiger partial charge on any atom is -0.296 e. The maximum atomic E-state index is 4.47. The highest BCUT2D eigenvalue weighted by Crippen LogP contribution is 2.20. The normalized spacial score (nSPS) is 19.1. The summed E-state index contributed by atoms with van der Waals surface area (Å²) in [7, 11) is 0. The van der Waals surface area contributed by atoms with Gasteiger partial charge in [-0.3, -0.25) is 19.8 Å². The molecule has 20 heavy (non-hydrogen) atoms. The molecule has 1 atom stereocenters. The second-order valence-corrected chi connectivity index (χ2v) is 6.18. The molecule has 1 aliphatic heterocycles. The third-order valence-electron chi connectivity index (χ3n) is 3.93. The fraction of sp³-hybridized carbons (Fsp3) is 0.467. The zero-order valence-corrected chi connectivity index (χ0v) is 12.6. The molecule has 0 aromatic carbocycles. The van der Waals surface area contributed by atoms with Crippen LogP contribution in [0, 0.1) is 0 Å². The van der Waals surface area contributed by atoms with Crippen LogP contribution in [-0.4, -0.2) is 45.9 Å². The summed E-state index contributed by atoms with van der Waals surface area (Å²) in [5.74, 6) is 0. The molecule has 0 saturated carbocycles. The van der Waals surface area contributed by atoms with Gasteiger partial charge in [0.15, 0.2) is 0 Å². The Labute approximate surface area is 124 Å². The molecule has 4 nitrogen and oxygen atoms in total. The largest absolute Gasteiger partial charge is 0.296 e. The molecule has 0 radical (unpaired) electrons. The summed E-state index contributed by atoms with van der Waals surface area (Å²) in [6.07, 6.45) is 3.86. The Morgan fingerprint density at radius 2 is 2.10 bits per heavy atom. The minimum atomic E-state index is 0.404. The zero-order chi connectivity index (χ0) is 13.8. The number of nitrogens with zero attached hydrogens (tertiary/aromatic N) is 4. The number of thiazole rings is 1. The van der Waals surface area contributed by atoms with Gasteiger partial charge >= 0.3 is 0 Å². The molecule has 5 heteroatoms. The van der Waals surface area contributed by atoms with Crippen LogP contribution < -0.4 is 0 Å². The second kappa shape index (κ2) is 6.43. The van der Waals surface area contributed by atoms with Crippen LogP contribution in [0.4, 0.5) is 0 Å². The lowest BCUT2D eigenvalue weighted by Crippen LogP contribution is -2.46. The Morgan fingerprint density at radius 3 is 2.75 bits per heavy atom. The summed E-state index contributed by atoms with van der Waals surface area (Å²) in [6.45, 7) is 7.74. The van der Waals surface area contributed by atoms with Crippen molar-refractivity contribution in [2.75, 3.05) is 26.2 Å². The molecule has 0 aliphatic carbocycles. The molecule has 3 heterocycles. The Bertz CT molecular complexity index is 506. The van der Waals surface area contributed by atoms with Crippen LogP contribution in [0.5, 0.6) is 0 Å². The van der Waals surface area contributed by atoms with E-state index in [0.717, 1.165) is 32.7 Å². The van der Waals surface area contributed by atoms with E-state index in [1.807, 2.05) is 24.0 Å². The van der Waals surface area contributed by atoms with E-state index in [0.29, 0.717) is 6.04 Å². The standard InChI is InChI=1S/C15H20N4S/c1-13(15-4-2-3-5-17-15)19-8-6-18(7-9-19)11-14-10-16-12-20-14/h2-5,10,12-13H,6-9,11H2,1H3/t13-/m1/s1. The first-order valence-electron chi connectivity index (χ1n) is 7.07. The van der Waals surface area contributed by atoms with Crippen LogP contribution in [0.2, 0.25) is 0 Å². The Kier molecular flexibility index (Phi) is 4.40. The summed E-state index contributed by atoms with van der Waals surface area (Å²) in [4.78, 5) is 15.0. The van der Waals surface area contributed by atoms with Gasteiger partial charge in [0, 0.05) is 56.0 Å². The maximum Gasteiger partial charge on any atom is 0.0794 e. The second-order valence-electron chi connectivity index (χ2n) is 5.21. The molecule has 3 rings (SSSR count). The fourth-order valence-electron chi connectivity index (χ4n) is 2.66. The topological polar surface area (TPSA) is 32.3 Å². The first-order valence-corrected chi connectivity index (χ1v) is 7.95. The first-order chi connectivity index (χ1) is 9.83. The smallest absolute Gasteiger partial charge is 0.0794 e. The number of rotatable bonds is 4. The lowest BCUT2D eigenvalue weighted by Gasteiger charge is -2.37. The molecule has 106 valence electrons. The van der Waals surface area contributed by atoms with Crippen molar-refractivity contribution in [1.82, 2.24) is 19.8 Å². The highest BCUT2D eigenvalue weighted by molar-refractivity contribution is 7.09. The van der Waals surface area contributed by atoms with Crippen LogP contribution in [0.1, 0.15) is 23.5 Å². The first kappa shape index (κ1) is 13.7. The summed E-state index contributed by atoms with van der Waals surface area (Å²) < 4.78 is 0. The van der Waals surface area contributed by atoms with Crippen molar-refractivity contribution in [2.45, 2.75) is 19.5 Å². The monoisotopic (exact) mass is 288 g/mol. The number of hydrogen-bond donors (Lipinski definition) is 0. The highest BCUT2D eigenvalue weighted by Gasteiger charge is 2.22. The fourth-order valence-corrected chi connectivity index (χ4v) is 3.30. The molecule has 0 amide bonds. The van der Waals surface area contributed by atoms with Gasteiger partial charge in [-0.05, 0) is 19.1 Å². The summed E-state index contributed by atoms with van der Waals surface area (Å²) >= 11 is 1.74. The average Bonchev–Trinajstić information content (AvgIpc) is 3.01. The zero-order valence-electron chi connectivity index (χ0n) is 11.8. The van der Waals surface area contributed by atoms with Gasteiger partial charge in [-0.1, -0.05) is 6.07 Å². The Hall–Kier alpha value is -1.30. The van der Waals surface area contributed by atoms with Gasteiger partial charge in [-0.15, -0.1) is 11.3 Å². The van der Waals surface area contributed by atoms with E-state index in [4.69, 9.17) is 0 Å². The summed E-state index contributed by atoms with van der Waals surface area (Å²) in [6, 6.07) is 6.57. The molecular formula is C15H20N4S. The predicted octanol–water partition coefficient (Wildman–Crippen LogP) is 2.42. The number of piperazine rings is 1. The molecule has 1 aliphatic rings. The van der Waals surface area contributed by atoms with E-state index in [-0.39, 0.29) is 0 Å². The minimum absolute atomic E-state index is 0.404. The molecule has 0 spiro atoms. The molecule has 0 N–H and O–H groups in total. The van der Waals surface area contributed by atoms with E-state index in [2.05, 4.69) is 38.8 Å². The molecular weight excluding hydrogens is 268 g/mol. The quantitative estimate of drug-likeness (QED) is 0.865. The van der Waals surface area contributed by atoms with Crippen LogP contribution in [0.25, 0.3) is 0 Å². The number of hydrogen-bond acceptors (Lipinski definition) is 5. The van der Waals surface area contributed by atoms with E-state index in [1.54, 1.807) is 11.3 Å². The van der Waals surface area contributed by atoms with Crippen LogP contribution in [-0.2, 0) is 6.54 Å². The van der Waals surface area contributed by atoms with E-state index in [9.17, 15) is 0 Å². The maximum absolute atomic E-state index is 4.47. The Morgan fingerprint density at radius 1 is 1.25 bits per heavy atom. The van der Waals surface area contributed by atoms with E-state index >= 15 is 0 Å². The van der Waals surface area contributed by atoms with Gasteiger partial charge in [-0.25, -0.2) is 0 Å². The molecule has 1 saturated heterocycles. The molecule has 2 aromatic heterocycles. The van der Waals surface area contributed by atoms with Gasteiger partial charge < -0.3 is 0 Å². The van der Waals surface area contributed by atoms with Crippen molar-refractivity contribution in [3.63, 3.8) is 0 Å².